The minimum atomic E-state index is -3.12. The molecular weight excluding hydrogens is 442 g/mol. The topological polar surface area (TPSA) is 125 Å². The maximum absolute atomic E-state index is 13.6. The molecule has 0 aliphatic carbocycles. The highest BCUT2D eigenvalue weighted by Crippen LogP contribution is 2.31. The fourth-order valence-electron chi connectivity index (χ4n) is 3.77. The first kappa shape index (κ1) is 22.8. The zero-order chi connectivity index (χ0) is 24.3. The van der Waals surface area contributed by atoms with Crippen molar-refractivity contribution >= 4 is 40.7 Å². The van der Waals surface area contributed by atoms with Gasteiger partial charge in [-0.3, -0.25) is 14.6 Å². The summed E-state index contributed by atoms with van der Waals surface area (Å²) in [5.74, 6) is -4.01. The van der Waals surface area contributed by atoms with Crippen LogP contribution >= 0.6 is 0 Å². The summed E-state index contributed by atoms with van der Waals surface area (Å²) in [6.07, 6.45) is 6.07. The predicted molar refractivity (Wildman–Crippen MR) is 122 cm³/mol. The molecule has 2 amide bonds. The lowest BCUT2D eigenvalue weighted by atomic mass is 10.0. The number of hydrogen-bond donors (Lipinski definition) is 2. The van der Waals surface area contributed by atoms with Crippen LogP contribution < -0.4 is 11.1 Å². The van der Waals surface area contributed by atoms with E-state index in [0.717, 1.165) is 16.0 Å². The van der Waals surface area contributed by atoms with Gasteiger partial charge in [0.1, 0.15) is 11.9 Å². The van der Waals surface area contributed by atoms with Crippen molar-refractivity contribution in [3.63, 3.8) is 0 Å². The van der Waals surface area contributed by atoms with Crippen LogP contribution in [-0.4, -0.2) is 51.7 Å². The molecule has 3 aromatic rings. The van der Waals surface area contributed by atoms with E-state index in [0.29, 0.717) is 16.7 Å². The summed E-state index contributed by atoms with van der Waals surface area (Å²) in [7, 11) is 0. The summed E-state index contributed by atoms with van der Waals surface area (Å²) in [6, 6.07) is 10.9. The van der Waals surface area contributed by atoms with Crippen molar-refractivity contribution in [2.24, 2.45) is 0 Å². The molecule has 10 heteroatoms. The van der Waals surface area contributed by atoms with Gasteiger partial charge >= 0.3 is 0 Å². The van der Waals surface area contributed by atoms with Gasteiger partial charge in [-0.1, -0.05) is 18.2 Å². The third kappa shape index (κ3) is 4.99. The van der Waals surface area contributed by atoms with Crippen LogP contribution in [0.1, 0.15) is 27.9 Å². The van der Waals surface area contributed by atoms with Gasteiger partial charge in [0.05, 0.1) is 30.2 Å². The third-order valence-corrected chi connectivity index (χ3v) is 5.42. The second-order valence-electron chi connectivity index (χ2n) is 7.89. The molecular formula is C24H20F2N6O2. The number of carbonyl (C=O) groups excluding carboxylic acids is 2. The molecule has 0 spiro atoms. The van der Waals surface area contributed by atoms with E-state index in [1.54, 1.807) is 36.5 Å². The number of likely N-dealkylation sites (tertiary alicyclic amines) is 1. The SMILES string of the molecule is N#C[C@@H]1CC(F)(F)CN1C(=O)CNC(=O)c1ccnc2ccc(/C=C/c3ccnc(N)c3)cc12. The Hall–Kier alpha value is -4.39. The number of rotatable bonds is 5. The van der Waals surface area contributed by atoms with Gasteiger partial charge in [-0.15, -0.1) is 0 Å². The van der Waals surface area contributed by atoms with Crippen molar-refractivity contribution in [2.75, 3.05) is 18.8 Å². The molecule has 3 N–H and O–H groups in total. The van der Waals surface area contributed by atoms with Crippen molar-refractivity contribution < 1.29 is 18.4 Å². The maximum atomic E-state index is 13.6. The number of nitrogens with two attached hydrogens (primary N) is 1. The number of pyridine rings is 2. The molecule has 1 atom stereocenters. The van der Waals surface area contributed by atoms with Crippen molar-refractivity contribution in [3.8, 4) is 6.07 Å². The number of nitriles is 1. The number of benzene rings is 1. The minimum absolute atomic E-state index is 0.282. The number of amides is 2. The molecule has 0 bridgehead atoms. The number of carbonyl (C=O) groups is 2. The number of halogens is 2. The number of alkyl halides is 2. The summed E-state index contributed by atoms with van der Waals surface area (Å²) < 4.78 is 27.2. The molecule has 8 nitrogen and oxygen atoms in total. The summed E-state index contributed by atoms with van der Waals surface area (Å²) in [4.78, 5) is 34.2. The van der Waals surface area contributed by atoms with Crippen LogP contribution in [0, 0.1) is 11.3 Å². The van der Waals surface area contributed by atoms with Crippen LogP contribution in [0.4, 0.5) is 14.6 Å². The monoisotopic (exact) mass is 462 g/mol. The Morgan fingerprint density at radius 1 is 1.18 bits per heavy atom. The lowest BCUT2D eigenvalue weighted by molar-refractivity contribution is -0.131. The van der Waals surface area contributed by atoms with E-state index in [1.807, 2.05) is 18.2 Å². The molecule has 1 aliphatic rings. The molecule has 0 saturated carbocycles. The van der Waals surface area contributed by atoms with E-state index in [9.17, 15) is 18.4 Å². The van der Waals surface area contributed by atoms with Crippen molar-refractivity contribution in [1.29, 1.82) is 5.26 Å². The van der Waals surface area contributed by atoms with Gasteiger partial charge in [0, 0.05) is 24.2 Å². The first-order valence-electron chi connectivity index (χ1n) is 10.4. The van der Waals surface area contributed by atoms with Gasteiger partial charge < -0.3 is 16.0 Å². The number of nitrogens with zero attached hydrogens (tertiary/aromatic N) is 4. The lowest BCUT2D eigenvalue weighted by Crippen LogP contribution is -2.43. The summed E-state index contributed by atoms with van der Waals surface area (Å²) >= 11 is 0. The molecule has 1 fully saturated rings. The van der Waals surface area contributed by atoms with Gasteiger partial charge in [-0.05, 0) is 41.5 Å². The average Bonchev–Trinajstić information content (AvgIpc) is 3.15. The van der Waals surface area contributed by atoms with E-state index >= 15 is 0 Å². The number of aromatic nitrogens is 2. The number of hydrogen-bond acceptors (Lipinski definition) is 6. The fraction of sp³-hybridized carbons (Fsp3) is 0.208. The van der Waals surface area contributed by atoms with Gasteiger partial charge in [-0.25, -0.2) is 13.8 Å². The highest BCUT2D eigenvalue weighted by molar-refractivity contribution is 6.07. The van der Waals surface area contributed by atoms with Crippen molar-refractivity contribution in [1.82, 2.24) is 20.2 Å². The van der Waals surface area contributed by atoms with E-state index in [-0.39, 0.29) is 5.56 Å². The highest BCUT2D eigenvalue weighted by atomic mass is 19.3. The van der Waals surface area contributed by atoms with Crippen LogP contribution in [0.5, 0.6) is 0 Å². The quantitative estimate of drug-likeness (QED) is 0.601. The Morgan fingerprint density at radius 3 is 2.65 bits per heavy atom. The Bertz CT molecular complexity index is 1330. The molecule has 2 aromatic heterocycles. The molecule has 3 heterocycles. The summed E-state index contributed by atoms with van der Waals surface area (Å²) in [5, 5.41) is 12.1. The molecule has 0 radical (unpaired) electrons. The molecule has 1 saturated heterocycles. The van der Waals surface area contributed by atoms with E-state index in [2.05, 4.69) is 15.3 Å². The largest absolute Gasteiger partial charge is 0.384 e. The number of anilines is 1. The van der Waals surface area contributed by atoms with Crippen LogP contribution in [0.15, 0.2) is 48.8 Å². The molecule has 1 aromatic carbocycles. The second-order valence-corrected chi connectivity index (χ2v) is 7.89. The second kappa shape index (κ2) is 9.23. The van der Waals surface area contributed by atoms with Crippen LogP contribution in [0.3, 0.4) is 0 Å². The molecule has 172 valence electrons. The number of nitrogens with one attached hydrogen (secondary N) is 1. The zero-order valence-corrected chi connectivity index (χ0v) is 17.9. The van der Waals surface area contributed by atoms with Crippen LogP contribution in [-0.2, 0) is 4.79 Å². The normalized spacial score (nSPS) is 17.1. The Balaban J connectivity index is 1.51. The van der Waals surface area contributed by atoms with Gasteiger partial charge in [-0.2, -0.15) is 5.26 Å². The van der Waals surface area contributed by atoms with Crippen LogP contribution in [0.2, 0.25) is 0 Å². The first-order chi connectivity index (χ1) is 16.3. The number of fused-ring (bicyclic) bond motifs is 1. The molecule has 34 heavy (non-hydrogen) atoms. The van der Waals surface area contributed by atoms with Crippen LogP contribution in [0.25, 0.3) is 23.1 Å². The molecule has 1 aliphatic heterocycles. The smallest absolute Gasteiger partial charge is 0.268 e. The predicted octanol–water partition coefficient (Wildman–Crippen LogP) is 2.87. The molecule has 4 rings (SSSR count). The number of nitrogen functional groups attached to an aromatic ring is 1. The van der Waals surface area contributed by atoms with Gasteiger partial charge in [0.25, 0.3) is 11.8 Å². The third-order valence-electron chi connectivity index (χ3n) is 5.42. The van der Waals surface area contributed by atoms with E-state index in [1.165, 1.54) is 12.3 Å². The van der Waals surface area contributed by atoms with Crippen molar-refractivity contribution in [2.45, 2.75) is 18.4 Å². The summed E-state index contributed by atoms with van der Waals surface area (Å²) in [5.41, 5.74) is 8.22. The Kier molecular flexibility index (Phi) is 6.19. The Labute approximate surface area is 193 Å². The van der Waals surface area contributed by atoms with Gasteiger partial charge in [0.2, 0.25) is 5.91 Å². The first-order valence-corrected chi connectivity index (χ1v) is 10.4. The standard InChI is InChI=1S/C24H20F2N6O2/c25-24(26)11-17(12-27)32(14-24)22(33)13-31-23(34)18-6-8-29-20-4-3-15(9-19(18)20)1-2-16-5-7-30-21(28)10-16/h1-10,17H,11,13-14H2,(H2,28,30)(H,31,34)/b2-1+/t17-/m0/s1. The van der Waals surface area contributed by atoms with Crippen molar-refractivity contribution in [3.05, 3.63) is 65.5 Å². The maximum Gasteiger partial charge on any atom is 0.268 e. The lowest BCUT2D eigenvalue weighted by Gasteiger charge is -2.19. The minimum Gasteiger partial charge on any atom is -0.384 e. The van der Waals surface area contributed by atoms with E-state index in [4.69, 9.17) is 11.0 Å². The fourth-order valence-corrected chi connectivity index (χ4v) is 3.77. The zero-order valence-electron chi connectivity index (χ0n) is 17.9. The Morgan fingerprint density at radius 2 is 1.91 bits per heavy atom. The van der Waals surface area contributed by atoms with E-state index < -0.39 is 43.3 Å². The summed E-state index contributed by atoms with van der Waals surface area (Å²) in [6.45, 7) is -1.34. The average molecular weight is 462 g/mol. The highest BCUT2D eigenvalue weighted by Gasteiger charge is 2.47. The molecule has 0 unspecified atom stereocenters. The van der Waals surface area contributed by atoms with Gasteiger partial charge in [0.15, 0.2) is 0 Å².